The summed E-state index contributed by atoms with van der Waals surface area (Å²) in [4.78, 5) is 6.64. The number of aryl methyl sites for hydroxylation is 1. The van der Waals surface area contributed by atoms with Crippen molar-refractivity contribution in [1.29, 1.82) is 0 Å². The van der Waals surface area contributed by atoms with Gasteiger partial charge in [0.05, 0.1) is 0 Å². The zero-order chi connectivity index (χ0) is 11.3. The number of nitrogens with two attached hydrogens (primary N) is 1. The molecule has 0 amide bonds. The van der Waals surface area contributed by atoms with Gasteiger partial charge in [-0.3, -0.25) is 0 Å². The first-order chi connectivity index (χ1) is 7.15. The molecule has 0 saturated heterocycles. The van der Waals surface area contributed by atoms with Crippen molar-refractivity contribution in [3.05, 3.63) is 18.2 Å². The van der Waals surface area contributed by atoms with E-state index in [0.29, 0.717) is 6.04 Å². The second kappa shape index (κ2) is 5.88. The van der Waals surface area contributed by atoms with Crippen molar-refractivity contribution in [2.45, 2.75) is 25.8 Å². The van der Waals surface area contributed by atoms with Crippen LogP contribution in [0.2, 0.25) is 0 Å². The molecule has 0 aliphatic carbocycles. The Morgan fingerprint density at radius 3 is 2.87 bits per heavy atom. The predicted octanol–water partition coefficient (Wildman–Crippen LogP) is 0.632. The van der Waals surface area contributed by atoms with E-state index in [-0.39, 0.29) is 0 Å². The summed E-state index contributed by atoms with van der Waals surface area (Å²) in [6.45, 7) is 4.01. The average molecular weight is 210 g/mol. The standard InChI is InChI=1S/C11H22N4/c1-10(4-6-12)14(2)8-5-11-13-7-9-15(11)3/h7,9-10H,4-6,8,12H2,1-3H3. The summed E-state index contributed by atoms with van der Waals surface area (Å²) >= 11 is 0. The quantitative estimate of drug-likeness (QED) is 0.749. The average Bonchev–Trinajstić information content (AvgIpc) is 2.61. The zero-order valence-corrected chi connectivity index (χ0v) is 9.98. The minimum absolute atomic E-state index is 0.551. The first-order valence-electron chi connectivity index (χ1n) is 5.51. The topological polar surface area (TPSA) is 47.1 Å². The Labute approximate surface area is 92.1 Å². The number of hydrogen-bond donors (Lipinski definition) is 1. The molecule has 1 aromatic heterocycles. The maximum Gasteiger partial charge on any atom is 0.109 e. The Balaban J connectivity index is 2.34. The third-order valence-electron chi connectivity index (χ3n) is 2.95. The number of aromatic nitrogens is 2. The van der Waals surface area contributed by atoms with Gasteiger partial charge in [0.15, 0.2) is 0 Å². The van der Waals surface area contributed by atoms with Crippen LogP contribution < -0.4 is 5.73 Å². The number of hydrogen-bond acceptors (Lipinski definition) is 3. The Hall–Kier alpha value is -0.870. The zero-order valence-electron chi connectivity index (χ0n) is 9.98. The van der Waals surface area contributed by atoms with E-state index in [0.717, 1.165) is 31.8 Å². The highest BCUT2D eigenvalue weighted by molar-refractivity contribution is 4.91. The fraction of sp³-hybridized carbons (Fsp3) is 0.727. The van der Waals surface area contributed by atoms with Crippen LogP contribution in [0, 0.1) is 0 Å². The van der Waals surface area contributed by atoms with E-state index in [1.165, 1.54) is 0 Å². The van der Waals surface area contributed by atoms with Crippen molar-refractivity contribution >= 4 is 0 Å². The predicted molar refractivity (Wildman–Crippen MR) is 62.7 cm³/mol. The molecule has 0 fully saturated rings. The van der Waals surface area contributed by atoms with Gasteiger partial charge in [-0.2, -0.15) is 0 Å². The van der Waals surface area contributed by atoms with Crippen LogP contribution in [-0.4, -0.2) is 40.6 Å². The lowest BCUT2D eigenvalue weighted by Gasteiger charge is -2.23. The summed E-state index contributed by atoms with van der Waals surface area (Å²) < 4.78 is 2.07. The lowest BCUT2D eigenvalue weighted by Crippen LogP contribution is -2.33. The van der Waals surface area contributed by atoms with Crippen molar-refractivity contribution in [2.24, 2.45) is 12.8 Å². The Bertz CT molecular complexity index is 282. The Morgan fingerprint density at radius 1 is 1.60 bits per heavy atom. The van der Waals surface area contributed by atoms with E-state index in [2.05, 4.69) is 28.4 Å². The highest BCUT2D eigenvalue weighted by Crippen LogP contribution is 2.02. The molecule has 86 valence electrons. The van der Waals surface area contributed by atoms with E-state index in [4.69, 9.17) is 5.73 Å². The summed E-state index contributed by atoms with van der Waals surface area (Å²) in [7, 11) is 4.18. The van der Waals surface area contributed by atoms with Gasteiger partial charge in [-0.25, -0.2) is 4.98 Å². The van der Waals surface area contributed by atoms with Gasteiger partial charge in [0.1, 0.15) is 5.82 Å². The minimum Gasteiger partial charge on any atom is -0.338 e. The SMILES string of the molecule is CC(CCN)N(C)CCc1nccn1C. The van der Waals surface area contributed by atoms with Gasteiger partial charge in [-0.15, -0.1) is 0 Å². The summed E-state index contributed by atoms with van der Waals surface area (Å²) in [6.07, 6.45) is 5.88. The van der Waals surface area contributed by atoms with Crippen molar-refractivity contribution in [2.75, 3.05) is 20.1 Å². The van der Waals surface area contributed by atoms with E-state index < -0.39 is 0 Å². The molecule has 0 radical (unpaired) electrons. The van der Waals surface area contributed by atoms with Gasteiger partial charge in [-0.1, -0.05) is 0 Å². The third kappa shape index (κ3) is 3.64. The summed E-state index contributed by atoms with van der Waals surface area (Å²) in [6, 6.07) is 0.551. The van der Waals surface area contributed by atoms with Crippen LogP contribution in [0.15, 0.2) is 12.4 Å². The first kappa shape index (κ1) is 12.2. The van der Waals surface area contributed by atoms with Crippen LogP contribution in [0.25, 0.3) is 0 Å². The van der Waals surface area contributed by atoms with Crippen LogP contribution in [0.1, 0.15) is 19.2 Å². The molecule has 1 aromatic rings. The fourth-order valence-electron chi connectivity index (χ4n) is 1.60. The van der Waals surface area contributed by atoms with Crippen LogP contribution in [0.3, 0.4) is 0 Å². The largest absolute Gasteiger partial charge is 0.338 e. The smallest absolute Gasteiger partial charge is 0.109 e. The van der Waals surface area contributed by atoms with Gasteiger partial charge in [0, 0.05) is 38.4 Å². The third-order valence-corrected chi connectivity index (χ3v) is 2.95. The molecule has 1 unspecified atom stereocenters. The first-order valence-corrected chi connectivity index (χ1v) is 5.51. The molecule has 0 spiro atoms. The lowest BCUT2D eigenvalue weighted by molar-refractivity contribution is 0.249. The van der Waals surface area contributed by atoms with Gasteiger partial charge < -0.3 is 15.2 Å². The second-order valence-corrected chi connectivity index (χ2v) is 4.11. The number of likely N-dealkylation sites (N-methyl/N-ethyl adjacent to an activating group) is 1. The molecule has 0 aromatic carbocycles. The molecule has 15 heavy (non-hydrogen) atoms. The minimum atomic E-state index is 0.551. The second-order valence-electron chi connectivity index (χ2n) is 4.11. The molecular formula is C11H22N4. The van der Waals surface area contributed by atoms with Crippen molar-refractivity contribution < 1.29 is 0 Å². The van der Waals surface area contributed by atoms with E-state index >= 15 is 0 Å². The van der Waals surface area contributed by atoms with Crippen LogP contribution in [0.4, 0.5) is 0 Å². The molecule has 1 atom stereocenters. The maximum atomic E-state index is 5.54. The van der Waals surface area contributed by atoms with Crippen LogP contribution in [-0.2, 0) is 13.5 Å². The fourth-order valence-corrected chi connectivity index (χ4v) is 1.60. The molecule has 0 bridgehead atoms. The van der Waals surface area contributed by atoms with Gasteiger partial charge in [0.25, 0.3) is 0 Å². The normalized spacial score (nSPS) is 13.4. The molecule has 0 aliphatic rings. The Kier molecular flexibility index (Phi) is 4.78. The van der Waals surface area contributed by atoms with Gasteiger partial charge >= 0.3 is 0 Å². The molecular weight excluding hydrogens is 188 g/mol. The summed E-state index contributed by atoms with van der Waals surface area (Å²) in [5, 5.41) is 0. The molecule has 4 nitrogen and oxygen atoms in total. The highest BCUT2D eigenvalue weighted by atomic mass is 15.1. The molecule has 1 rings (SSSR count). The van der Waals surface area contributed by atoms with Crippen molar-refractivity contribution in [3.8, 4) is 0 Å². The summed E-state index contributed by atoms with van der Waals surface area (Å²) in [5.41, 5.74) is 5.54. The Morgan fingerprint density at radius 2 is 2.33 bits per heavy atom. The maximum absolute atomic E-state index is 5.54. The molecule has 0 aliphatic heterocycles. The number of nitrogens with zero attached hydrogens (tertiary/aromatic N) is 3. The van der Waals surface area contributed by atoms with Gasteiger partial charge in [0.2, 0.25) is 0 Å². The van der Waals surface area contributed by atoms with Crippen molar-refractivity contribution in [3.63, 3.8) is 0 Å². The molecule has 2 N–H and O–H groups in total. The van der Waals surface area contributed by atoms with Gasteiger partial charge in [-0.05, 0) is 26.9 Å². The summed E-state index contributed by atoms with van der Waals surface area (Å²) in [5.74, 6) is 1.14. The van der Waals surface area contributed by atoms with Crippen molar-refractivity contribution in [1.82, 2.24) is 14.5 Å². The number of imidazole rings is 1. The van der Waals surface area contributed by atoms with Crippen LogP contribution in [0.5, 0.6) is 0 Å². The van der Waals surface area contributed by atoms with E-state index in [1.54, 1.807) is 0 Å². The lowest BCUT2D eigenvalue weighted by atomic mass is 10.2. The van der Waals surface area contributed by atoms with Crippen LogP contribution >= 0.6 is 0 Å². The molecule has 0 saturated carbocycles. The molecule has 1 heterocycles. The van der Waals surface area contributed by atoms with E-state index in [1.807, 2.05) is 19.4 Å². The highest BCUT2D eigenvalue weighted by Gasteiger charge is 2.08. The van der Waals surface area contributed by atoms with E-state index in [9.17, 15) is 0 Å². The number of rotatable bonds is 6. The molecule has 4 heteroatoms. The monoisotopic (exact) mass is 210 g/mol.